The van der Waals surface area contributed by atoms with Crippen molar-refractivity contribution < 1.29 is 4.79 Å². The van der Waals surface area contributed by atoms with Crippen LogP contribution in [0.2, 0.25) is 0 Å². The van der Waals surface area contributed by atoms with E-state index in [1.54, 1.807) is 0 Å². The zero-order valence-corrected chi connectivity index (χ0v) is 14.9. The van der Waals surface area contributed by atoms with Gasteiger partial charge in [-0.1, -0.05) is 44.2 Å². The number of benzene rings is 1. The third kappa shape index (κ3) is 3.05. The van der Waals surface area contributed by atoms with Crippen LogP contribution in [0.3, 0.4) is 0 Å². The van der Waals surface area contributed by atoms with Crippen molar-refractivity contribution in [3.8, 4) is 11.3 Å². The summed E-state index contributed by atoms with van der Waals surface area (Å²) in [6.45, 7) is 5.54. The van der Waals surface area contributed by atoms with Crippen molar-refractivity contribution >= 4 is 21.8 Å². The number of amides is 1. The lowest BCUT2D eigenvalue weighted by atomic mass is 9.79. The van der Waals surface area contributed by atoms with Gasteiger partial charge in [0, 0.05) is 24.7 Å². The van der Waals surface area contributed by atoms with Crippen LogP contribution in [-0.4, -0.2) is 40.1 Å². The SMILES string of the molecule is CC1(C)CN(C(=O)c2[nH]nc(-c3ccccc3)c2Br)CCC1N. The maximum atomic E-state index is 12.8. The maximum absolute atomic E-state index is 12.8. The van der Waals surface area contributed by atoms with Crippen LogP contribution in [0.4, 0.5) is 0 Å². The minimum Gasteiger partial charge on any atom is -0.337 e. The van der Waals surface area contributed by atoms with Crippen molar-refractivity contribution in [2.24, 2.45) is 11.1 Å². The first kappa shape index (κ1) is 16.2. The van der Waals surface area contributed by atoms with Crippen molar-refractivity contribution in [2.45, 2.75) is 26.3 Å². The first-order valence-corrected chi connectivity index (χ1v) is 8.53. The Morgan fingerprint density at radius 3 is 2.74 bits per heavy atom. The molecule has 23 heavy (non-hydrogen) atoms. The largest absolute Gasteiger partial charge is 0.337 e. The molecular formula is C17H21BrN4O. The van der Waals surface area contributed by atoms with Crippen LogP contribution < -0.4 is 5.73 Å². The molecule has 0 spiro atoms. The van der Waals surface area contributed by atoms with Gasteiger partial charge in [0.25, 0.3) is 5.91 Å². The van der Waals surface area contributed by atoms with Gasteiger partial charge in [-0.3, -0.25) is 9.89 Å². The molecule has 6 heteroatoms. The number of likely N-dealkylation sites (tertiary alicyclic amines) is 1. The van der Waals surface area contributed by atoms with Crippen molar-refractivity contribution in [3.05, 3.63) is 40.5 Å². The monoisotopic (exact) mass is 376 g/mol. The molecule has 2 aromatic rings. The molecule has 1 aromatic heterocycles. The summed E-state index contributed by atoms with van der Waals surface area (Å²) < 4.78 is 0.710. The molecule has 1 aliphatic rings. The van der Waals surface area contributed by atoms with Gasteiger partial charge in [0.05, 0.1) is 4.47 Å². The molecule has 1 amide bonds. The highest BCUT2D eigenvalue weighted by molar-refractivity contribution is 9.10. The van der Waals surface area contributed by atoms with Crippen molar-refractivity contribution in [1.82, 2.24) is 15.1 Å². The summed E-state index contributed by atoms with van der Waals surface area (Å²) in [7, 11) is 0. The Kier molecular flexibility index (Phi) is 4.29. The summed E-state index contributed by atoms with van der Waals surface area (Å²) in [4.78, 5) is 14.7. The van der Waals surface area contributed by atoms with Crippen LogP contribution in [0.25, 0.3) is 11.3 Å². The van der Waals surface area contributed by atoms with E-state index >= 15 is 0 Å². The van der Waals surface area contributed by atoms with Crippen molar-refractivity contribution in [3.63, 3.8) is 0 Å². The number of hydrogen-bond acceptors (Lipinski definition) is 3. The molecule has 1 fully saturated rings. The molecule has 2 heterocycles. The van der Waals surface area contributed by atoms with Crippen LogP contribution in [0.5, 0.6) is 0 Å². The van der Waals surface area contributed by atoms with E-state index in [1.165, 1.54) is 0 Å². The highest BCUT2D eigenvalue weighted by Crippen LogP contribution is 2.32. The van der Waals surface area contributed by atoms with Crippen LogP contribution in [0.15, 0.2) is 34.8 Å². The zero-order chi connectivity index (χ0) is 16.6. The van der Waals surface area contributed by atoms with Gasteiger partial charge in [-0.05, 0) is 27.8 Å². The maximum Gasteiger partial charge on any atom is 0.273 e. The number of aromatic amines is 1. The van der Waals surface area contributed by atoms with Crippen molar-refractivity contribution in [2.75, 3.05) is 13.1 Å². The van der Waals surface area contributed by atoms with Gasteiger partial charge < -0.3 is 10.6 Å². The average molecular weight is 377 g/mol. The fourth-order valence-corrected chi connectivity index (χ4v) is 3.54. The first-order valence-electron chi connectivity index (χ1n) is 7.74. The minimum atomic E-state index is -0.0807. The molecule has 1 aromatic carbocycles. The molecule has 0 aliphatic carbocycles. The number of nitrogens with one attached hydrogen (secondary N) is 1. The standard InChI is InChI=1S/C17H21BrN4O/c1-17(2)10-22(9-8-12(17)19)16(23)15-13(18)14(20-21-15)11-6-4-3-5-7-11/h3-7,12H,8-10,19H2,1-2H3,(H,20,21). The molecule has 1 saturated heterocycles. The smallest absolute Gasteiger partial charge is 0.273 e. The van der Waals surface area contributed by atoms with Gasteiger partial charge in [-0.25, -0.2) is 0 Å². The number of aromatic nitrogens is 2. The van der Waals surface area contributed by atoms with Crippen molar-refractivity contribution in [1.29, 1.82) is 0 Å². The second kappa shape index (κ2) is 6.09. The van der Waals surface area contributed by atoms with Crippen LogP contribution in [-0.2, 0) is 0 Å². The summed E-state index contributed by atoms with van der Waals surface area (Å²) in [6, 6.07) is 9.92. The molecule has 122 valence electrons. The zero-order valence-electron chi connectivity index (χ0n) is 13.3. The van der Waals surface area contributed by atoms with E-state index in [-0.39, 0.29) is 17.4 Å². The van der Waals surface area contributed by atoms with E-state index < -0.39 is 0 Å². The lowest BCUT2D eigenvalue weighted by molar-refractivity contribution is 0.0526. The first-order chi connectivity index (χ1) is 10.9. The fraction of sp³-hybridized carbons (Fsp3) is 0.412. The summed E-state index contributed by atoms with van der Waals surface area (Å²) in [6.07, 6.45) is 0.816. The molecule has 1 atom stereocenters. The predicted molar refractivity (Wildman–Crippen MR) is 94.0 cm³/mol. The summed E-state index contributed by atoms with van der Waals surface area (Å²) in [5.41, 5.74) is 8.29. The number of nitrogens with two attached hydrogens (primary N) is 1. The number of carbonyl (C=O) groups is 1. The molecule has 0 radical (unpaired) electrons. The van der Waals surface area contributed by atoms with Crippen LogP contribution in [0.1, 0.15) is 30.8 Å². The fourth-order valence-electron chi connectivity index (χ4n) is 2.96. The van der Waals surface area contributed by atoms with Gasteiger partial charge in [0.2, 0.25) is 0 Å². The minimum absolute atomic E-state index is 0.0356. The number of nitrogens with zero attached hydrogens (tertiary/aromatic N) is 2. The van der Waals surface area contributed by atoms with E-state index in [4.69, 9.17) is 5.73 Å². The van der Waals surface area contributed by atoms with Gasteiger partial charge in [-0.15, -0.1) is 0 Å². The van der Waals surface area contributed by atoms with Gasteiger partial charge in [-0.2, -0.15) is 5.10 Å². The summed E-state index contributed by atoms with van der Waals surface area (Å²) >= 11 is 3.53. The highest BCUT2D eigenvalue weighted by Gasteiger charge is 2.36. The quantitative estimate of drug-likeness (QED) is 0.845. The molecule has 3 rings (SSSR count). The Morgan fingerprint density at radius 1 is 1.39 bits per heavy atom. The van der Waals surface area contributed by atoms with E-state index in [9.17, 15) is 4.79 Å². The molecule has 1 aliphatic heterocycles. The second-order valence-corrected chi connectivity index (χ2v) is 7.53. The van der Waals surface area contributed by atoms with E-state index in [0.717, 1.165) is 17.7 Å². The average Bonchev–Trinajstić information content (AvgIpc) is 2.91. The number of carbonyl (C=O) groups excluding carboxylic acids is 1. The Labute approximate surface area is 144 Å². The lowest BCUT2D eigenvalue weighted by Crippen LogP contribution is -2.54. The van der Waals surface area contributed by atoms with Crippen LogP contribution >= 0.6 is 15.9 Å². The van der Waals surface area contributed by atoms with Crippen LogP contribution in [0, 0.1) is 5.41 Å². The molecule has 3 N–H and O–H groups in total. The third-order valence-corrected chi connectivity index (χ3v) is 5.34. The number of halogens is 1. The number of piperidine rings is 1. The van der Waals surface area contributed by atoms with E-state index in [0.29, 0.717) is 23.3 Å². The van der Waals surface area contributed by atoms with Gasteiger partial charge in [0.1, 0.15) is 11.4 Å². The summed E-state index contributed by atoms with van der Waals surface area (Å²) in [5, 5.41) is 7.20. The predicted octanol–water partition coefficient (Wildman–Crippen LogP) is 3.04. The number of hydrogen-bond donors (Lipinski definition) is 2. The Morgan fingerprint density at radius 2 is 2.09 bits per heavy atom. The third-order valence-electron chi connectivity index (χ3n) is 4.57. The second-order valence-electron chi connectivity index (χ2n) is 6.74. The normalized spacial score (nSPS) is 20.5. The molecule has 5 nitrogen and oxygen atoms in total. The Bertz CT molecular complexity index is 711. The highest BCUT2D eigenvalue weighted by atomic mass is 79.9. The number of rotatable bonds is 2. The summed E-state index contributed by atoms with van der Waals surface area (Å²) in [5.74, 6) is -0.0356. The molecule has 0 bridgehead atoms. The molecule has 0 saturated carbocycles. The van der Waals surface area contributed by atoms with E-state index in [2.05, 4.69) is 40.0 Å². The lowest BCUT2D eigenvalue weighted by Gasteiger charge is -2.42. The topological polar surface area (TPSA) is 75.0 Å². The Hall–Kier alpha value is -1.66. The molecular weight excluding hydrogens is 356 g/mol. The number of H-pyrrole nitrogens is 1. The molecule has 1 unspecified atom stereocenters. The van der Waals surface area contributed by atoms with Gasteiger partial charge >= 0.3 is 0 Å². The Balaban J connectivity index is 1.86. The van der Waals surface area contributed by atoms with Gasteiger partial charge in [0.15, 0.2) is 0 Å². The van der Waals surface area contributed by atoms with E-state index in [1.807, 2.05) is 35.2 Å².